The first-order valence-electron chi connectivity index (χ1n) is 10.5. The summed E-state index contributed by atoms with van der Waals surface area (Å²) in [5.41, 5.74) is -0.609. The predicted molar refractivity (Wildman–Crippen MR) is 106 cm³/mol. The highest BCUT2D eigenvalue weighted by atomic mass is 19.2. The molecule has 1 N–H and O–H groups in total. The molecule has 29 heavy (non-hydrogen) atoms. The molecule has 0 aliphatic heterocycles. The van der Waals surface area contributed by atoms with Gasteiger partial charge in [-0.3, -0.25) is 9.59 Å². The van der Waals surface area contributed by atoms with E-state index in [0.717, 1.165) is 25.3 Å². The monoisotopic (exact) mass is 415 g/mol. The fourth-order valence-electron chi connectivity index (χ4n) is 2.92. The molecular formula is C22H32F3NO3. The lowest BCUT2D eigenvalue weighted by atomic mass is 10.1. The summed E-state index contributed by atoms with van der Waals surface area (Å²) in [5, 5.41) is 2.29. The Balaban J connectivity index is 2.04. The Labute approximate surface area is 171 Å². The summed E-state index contributed by atoms with van der Waals surface area (Å²) >= 11 is 0. The van der Waals surface area contributed by atoms with E-state index in [2.05, 4.69) is 12.2 Å². The third-order valence-corrected chi connectivity index (χ3v) is 4.66. The molecule has 1 aromatic rings. The van der Waals surface area contributed by atoms with Gasteiger partial charge in [0.25, 0.3) is 5.91 Å². The van der Waals surface area contributed by atoms with Crippen LogP contribution in [0.15, 0.2) is 12.1 Å². The molecule has 0 spiro atoms. The highest BCUT2D eigenvalue weighted by molar-refractivity contribution is 5.94. The molecule has 0 radical (unpaired) electrons. The van der Waals surface area contributed by atoms with Crippen LogP contribution in [0.2, 0.25) is 0 Å². The van der Waals surface area contributed by atoms with Gasteiger partial charge in [0.05, 0.1) is 18.6 Å². The van der Waals surface area contributed by atoms with Crippen molar-refractivity contribution in [2.24, 2.45) is 0 Å². The van der Waals surface area contributed by atoms with Gasteiger partial charge in [0.1, 0.15) is 0 Å². The van der Waals surface area contributed by atoms with Gasteiger partial charge in [-0.1, -0.05) is 64.7 Å². The SMILES string of the molecule is CCCCCCCCCCCCOC(=O)CCNC(=O)c1ccc(F)c(F)c1F. The van der Waals surface area contributed by atoms with E-state index in [1.54, 1.807) is 0 Å². The fraction of sp³-hybridized carbons (Fsp3) is 0.636. The first kappa shape index (κ1) is 25.0. The Morgan fingerprint density at radius 2 is 1.45 bits per heavy atom. The molecule has 0 saturated carbocycles. The highest BCUT2D eigenvalue weighted by Gasteiger charge is 2.18. The summed E-state index contributed by atoms with van der Waals surface area (Å²) in [6.07, 6.45) is 11.8. The van der Waals surface area contributed by atoms with Gasteiger partial charge in [0, 0.05) is 6.54 Å². The standard InChI is InChI=1S/C22H32F3NO3/c1-2-3-4-5-6-7-8-9-10-11-16-29-19(27)14-15-26-22(28)17-12-13-18(23)21(25)20(17)24/h12-13H,2-11,14-16H2,1H3,(H,26,28). The number of rotatable bonds is 15. The molecular weight excluding hydrogens is 383 g/mol. The molecule has 0 heterocycles. The summed E-state index contributed by atoms with van der Waals surface area (Å²) in [5.74, 6) is -6.00. The van der Waals surface area contributed by atoms with Crippen LogP contribution in [0.25, 0.3) is 0 Å². The summed E-state index contributed by atoms with van der Waals surface area (Å²) in [6.45, 7) is 2.47. The van der Waals surface area contributed by atoms with Crippen LogP contribution >= 0.6 is 0 Å². The molecule has 0 aliphatic carbocycles. The van der Waals surface area contributed by atoms with Crippen molar-refractivity contribution in [1.29, 1.82) is 0 Å². The molecule has 1 aromatic carbocycles. The minimum atomic E-state index is -1.70. The average Bonchev–Trinajstić information content (AvgIpc) is 2.70. The number of hydrogen-bond acceptors (Lipinski definition) is 3. The Morgan fingerprint density at radius 3 is 2.07 bits per heavy atom. The number of nitrogens with one attached hydrogen (secondary N) is 1. The number of ether oxygens (including phenoxy) is 1. The molecule has 0 aliphatic rings. The molecule has 164 valence electrons. The maximum Gasteiger partial charge on any atom is 0.307 e. The van der Waals surface area contributed by atoms with Crippen LogP contribution in [0.4, 0.5) is 13.2 Å². The van der Waals surface area contributed by atoms with Crippen LogP contribution in [0, 0.1) is 17.5 Å². The zero-order chi connectivity index (χ0) is 21.5. The molecule has 1 rings (SSSR count). The van der Waals surface area contributed by atoms with Gasteiger partial charge in [-0.25, -0.2) is 13.2 Å². The predicted octanol–water partition coefficient (Wildman–Crippen LogP) is 5.69. The second-order valence-corrected chi connectivity index (χ2v) is 7.13. The van der Waals surface area contributed by atoms with E-state index >= 15 is 0 Å². The van der Waals surface area contributed by atoms with Crippen molar-refractivity contribution in [2.45, 2.75) is 77.6 Å². The normalized spacial score (nSPS) is 10.8. The number of unbranched alkanes of at least 4 members (excludes halogenated alkanes) is 9. The number of hydrogen-bond donors (Lipinski definition) is 1. The van der Waals surface area contributed by atoms with Gasteiger partial charge >= 0.3 is 5.97 Å². The van der Waals surface area contributed by atoms with Crippen molar-refractivity contribution < 1.29 is 27.5 Å². The van der Waals surface area contributed by atoms with Crippen molar-refractivity contribution in [3.63, 3.8) is 0 Å². The maximum absolute atomic E-state index is 13.5. The van der Waals surface area contributed by atoms with Crippen LogP contribution in [0.3, 0.4) is 0 Å². The van der Waals surface area contributed by atoms with E-state index in [0.29, 0.717) is 12.7 Å². The van der Waals surface area contributed by atoms with Gasteiger partial charge in [-0.15, -0.1) is 0 Å². The molecule has 7 heteroatoms. The van der Waals surface area contributed by atoms with Crippen LogP contribution in [-0.2, 0) is 9.53 Å². The molecule has 1 amide bonds. The lowest BCUT2D eigenvalue weighted by molar-refractivity contribution is -0.143. The lowest BCUT2D eigenvalue weighted by Gasteiger charge is -2.08. The largest absolute Gasteiger partial charge is 0.466 e. The zero-order valence-electron chi connectivity index (χ0n) is 17.2. The molecule has 0 bridgehead atoms. The number of amides is 1. The minimum Gasteiger partial charge on any atom is -0.466 e. The number of carbonyl (C=O) groups is 2. The lowest BCUT2D eigenvalue weighted by Crippen LogP contribution is -2.27. The van der Waals surface area contributed by atoms with E-state index in [-0.39, 0.29) is 13.0 Å². The Morgan fingerprint density at radius 1 is 0.862 bits per heavy atom. The molecule has 4 nitrogen and oxygen atoms in total. The number of carbonyl (C=O) groups excluding carboxylic acids is 2. The van der Waals surface area contributed by atoms with E-state index < -0.39 is 34.9 Å². The van der Waals surface area contributed by atoms with Gasteiger partial charge in [0.2, 0.25) is 0 Å². The molecule has 0 fully saturated rings. The number of benzene rings is 1. The summed E-state index contributed by atoms with van der Waals surface area (Å²) < 4.78 is 44.6. The quantitative estimate of drug-likeness (QED) is 0.227. The van der Waals surface area contributed by atoms with Crippen molar-refractivity contribution in [1.82, 2.24) is 5.32 Å². The van der Waals surface area contributed by atoms with Gasteiger partial charge in [-0.2, -0.15) is 0 Å². The summed E-state index contributed by atoms with van der Waals surface area (Å²) in [7, 11) is 0. The van der Waals surface area contributed by atoms with Crippen molar-refractivity contribution in [3.05, 3.63) is 35.1 Å². The average molecular weight is 415 g/mol. The van der Waals surface area contributed by atoms with E-state index in [1.165, 1.54) is 44.9 Å². The Bertz CT molecular complexity index is 638. The number of esters is 1. The second kappa shape index (κ2) is 14.9. The molecule has 0 unspecified atom stereocenters. The third-order valence-electron chi connectivity index (χ3n) is 4.66. The van der Waals surface area contributed by atoms with Crippen molar-refractivity contribution >= 4 is 11.9 Å². The smallest absolute Gasteiger partial charge is 0.307 e. The fourth-order valence-corrected chi connectivity index (χ4v) is 2.92. The Kier molecular flexibility index (Phi) is 12.8. The van der Waals surface area contributed by atoms with Crippen LogP contribution in [0.5, 0.6) is 0 Å². The first-order valence-corrected chi connectivity index (χ1v) is 10.5. The highest BCUT2D eigenvalue weighted by Crippen LogP contribution is 2.15. The second-order valence-electron chi connectivity index (χ2n) is 7.13. The van der Waals surface area contributed by atoms with Crippen LogP contribution in [-0.4, -0.2) is 25.0 Å². The molecule has 0 atom stereocenters. The zero-order valence-corrected chi connectivity index (χ0v) is 17.2. The van der Waals surface area contributed by atoms with Gasteiger partial charge < -0.3 is 10.1 Å². The topological polar surface area (TPSA) is 55.4 Å². The molecule has 0 aromatic heterocycles. The number of halogens is 3. The van der Waals surface area contributed by atoms with Crippen LogP contribution in [0.1, 0.15) is 87.9 Å². The summed E-state index contributed by atoms with van der Waals surface area (Å²) in [4.78, 5) is 23.4. The van der Waals surface area contributed by atoms with E-state index in [4.69, 9.17) is 4.74 Å². The van der Waals surface area contributed by atoms with Crippen molar-refractivity contribution in [2.75, 3.05) is 13.2 Å². The van der Waals surface area contributed by atoms with E-state index in [1.807, 2.05) is 0 Å². The summed E-state index contributed by atoms with van der Waals surface area (Å²) in [6, 6.07) is 1.53. The maximum atomic E-state index is 13.5. The van der Waals surface area contributed by atoms with Gasteiger partial charge in [-0.05, 0) is 18.6 Å². The Hall–Kier alpha value is -2.05. The molecule has 0 saturated heterocycles. The third kappa shape index (κ3) is 10.3. The van der Waals surface area contributed by atoms with Crippen LogP contribution < -0.4 is 5.32 Å². The van der Waals surface area contributed by atoms with Crippen molar-refractivity contribution in [3.8, 4) is 0 Å². The minimum absolute atomic E-state index is 0.0746. The van der Waals surface area contributed by atoms with Gasteiger partial charge in [0.15, 0.2) is 17.5 Å². The first-order chi connectivity index (χ1) is 14.0. The van der Waals surface area contributed by atoms with E-state index in [9.17, 15) is 22.8 Å².